The van der Waals surface area contributed by atoms with E-state index in [9.17, 15) is 4.21 Å². The Morgan fingerprint density at radius 3 is 3.00 bits per heavy atom. The molecule has 0 aromatic rings. The van der Waals surface area contributed by atoms with Crippen LogP contribution in [-0.2, 0) is 10.8 Å². The van der Waals surface area contributed by atoms with Gasteiger partial charge in [0.05, 0.1) is 5.16 Å². The number of unbranched alkanes of at least 4 members (excludes halogenated alkanes) is 1. The fourth-order valence-electron chi connectivity index (χ4n) is 0.542. The second-order valence-corrected chi connectivity index (χ2v) is 3.69. The van der Waals surface area contributed by atoms with E-state index >= 15 is 0 Å². The van der Waals surface area contributed by atoms with Crippen molar-refractivity contribution in [3.8, 4) is 0 Å². The zero-order chi connectivity index (χ0) is 7.82. The molecule has 0 amide bonds. The lowest BCUT2D eigenvalue weighted by Gasteiger charge is -1.92. The largest absolute Gasteiger partial charge is 0.260 e. The summed E-state index contributed by atoms with van der Waals surface area (Å²) in [5, 5.41) is 2.29. The normalized spacial score (nSPS) is 12.1. The molecule has 0 aliphatic rings. The zero-order valence-corrected chi connectivity index (χ0v) is 7.63. The van der Waals surface area contributed by atoms with Gasteiger partial charge in [0.25, 0.3) is 0 Å². The smallest absolute Gasteiger partial charge is 0.0584 e. The van der Waals surface area contributed by atoms with Gasteiger partial charge >= 0.3 is 0 Å². The van der Waals surface area contributed by atoms with Crippen LogP contribution in [0.15, 0.2) is 4.99 Å². The van der Waals surface area contributed by atoms with Crippen LogP contribution in [0.25, 0.3) is 0 Å². The molecule has 0 aromatic heterocycles. The van der Waals surface area contributed by atoms with Gasteiger partial charge in [-0.1, -0.05) is 0 Å². The third kappa shape index (κ3) is 7.95. The van der Waals surface area contributed by atoms with Crippen LogP contribution in [0.4, 0.5) is 0 Å². The summed E-state index contributed by atoms with van der Waals surface area (Å²) in [4.78, 5) is 3.73. The zero-order valence-electron chi connectivity index (χ0n) is 6.00. The van der Waals surface area contributed by atoms with Gasteiger partial charge in [0, 0.05) is 29.4 Å². The van der Waals surface area contributed by atoms with Crippen LogP contribution >= 0.6 is 12.2 Å². The van der Waals surface area contributed by atoms with Crippen molar-refractivity contribution in [1.82, 2.24) is 0 Å². The van der Waals surface area contributed by atoms with Gasteiger partial charge in [-0.2, -0.15) is 0 Å². The summed E-state index contributed by atoms with van der Waals surface area (Å²) < 4.78 is 10.5. The summed E-state index contributed by atoms with van der Waals surface area (Å²) in [7, 11) is -0.659. The summed E-state index contributed by atoms with van der Waals surface area (Å²) in [5.41, 5.74) is 0. The van der Waals surface area contributed by atoms with Crippen LogP contribution in [-0.4, -0.2) is 27.9 Å². The highest BCUT2D eigenvalue weighted by Crippen LogP contribution is 1.90. The maximum atomic E-state index is 10.5. The van der Waals surface area contributed by atoms with E-state index < -0.39 is 10.8 Å². The Kier molecular flexibility index (Phi) is 7.03. The van der Waals surface area contributed by atoms with Gasteiger partial charge in [0.2, 0.25) is 0 Å². The van der Waals surface area contributed by atoms with Crippen molar-refractivity contribution in [2.45, 2.75) is 12.8 Å². The molecule has 0 spiro atoms. The molecule has 1 atom stereocenters. The predicted molar refractivity (Wildman–Crippen MR) is 48.1 cm³/mol. The summed E-state index contributed by atoms with van der Waals surface area (Å²) in [5.74, 6) is 0.771. The summed E-state index contributed by atoms with van der Waals surface area (Å²) in [6, 6.07) is 0. The third-order valence-electron chi connectivity index (χ3n) is 1.02. The van der Waals surface area contributed by atoms with Gasteiger partial charge < -0.3 is 0 Å². The molecule has 0 bridgehead atoms. The molecule has 58 valence electrons. The van der Waals surface area contributed by atoms with Gasteiger partial charge in [-0.05, 0) is 25.1 Å². The molecule has 0 aromatic carbocycles. The number of isothiocyanates is 1. The van der Waals surface area contributed by atoms with E-state index in [2.05, 4.69) is 22.4 Å². The minimum absolute atomic E-state index is 0.659. The minimum Gasteiger partial charge on any atom is -0.260 e. The fraction of sp³-hybridized carbons (Fsp3) is 0.833. The topological polar surface area (TPSA) is 29.4 Å². The van der Waals surface area contributed by atoms with Crippen molar-refractivity contribution in [2.24, 2.45) is 4.99 Å². The molecule has 4 heteroatoms. The Labute approximate surface area is 69.2 Å². The SMILES string of the molecule is CS(=O)CCC[14CH2]N=C=S. The Morgan fingerprint density at radius 1 is 1.80 bits per heavy atom. The summed E-state index contributed by atoms with van der Waals surface area (Å²) in [6.07, 6.45) is 3.63. The average Bonchev–Trinajstić information content (AvgIpc) is 1.87. The molecule has 0 aliphatic heterocycles. The Balaban J connectivity index is 3.05. The summed E-state index contributed by atoms with van der Waals surface area (Å²) in [6.45, 7) is 0.723. The highest BCUT2D eigenvalue weighted by Gasteiger charge is 1.89. The molecule has 0 rings (SSSR count). The molecule has 0 heterocycles. The second-order valence-electron chi connectivity index (χ2n) is 1.96. The lowest BCUT2D eigenvalue weighted by atomic mass is 10.5. The van der Waals surface area contributed by atoms with E-state index in [0.717, 1.165) is 25.1 Å². The van der Waals surface area contributed by atoms with Crippen LogP contribution in [0, 0.1) is 0 Å². The molecule has 10 heavy (non-hydrogen) atoms. The Morgan fingerprint density at radius 2 is 2.50 bits per heavy atom. The molecule has 0 aliphatic carbocycles. The molecular weight excluding hydrogens is 168 g/mol. The van der Waals surface area contributed by atoms with E-state index in [-0.39, 0.29) is 0 Å². The second kappa shape index (κ2) is 7.06. The van der Waals surface area contributed by atoms with Crippen molar-refractivity contribution in [3.63, 3.8) is 0 Å². The van der Waals surface area contributed by atoms with Crippen LogP contribution in [0.1, 0.15) is 12.8 Å². The third-order valence-corrected chi connectivity index (χ3v) is 2.01. The van der Waals surface area contributed by atoms with Gasteiger partial charge in [-0.25, -0.2) is 4.99 Å². The molecule has 0 N–H and O–H groups in total. The number of hydrogen-bond acceptors (Lipinski definition) is 3. The predicted octanol–water partition coefficient (Wildman–Crippen LogP) is 1.25. The highest BCUT2D eigenvalue weighted by atomic mass is 32.2. The minimum atomic E-state index is -0.659. The van der Waals surface area contributed by atoms with Crippen LogP contribution in [0.5, 0.6) is 0 Å². The first-order chi connectivity index (χ1) is 4.77. The monoisotopic (exact) mass is 179 g/mol. The molecule has 0 saturated heterocycles. The molecule has 0 saturated carbocycles. The first kappa shape index (κ1) is 9.95. The lowest BCUT2D eigenvalue weighted by molar-refractivity contribution is 0.682. The highest BCUT2D eigenvalue weighted by molar-refractivity contribution is 7.84. The summed E-state index contributed by atoms with van der Waals surface area (Å²) >= 11 is 4.38. The lowest BCUT2D eigenvalue weighted by Crippen LogP contribution is -1.94. The number of nitrogens with zero attached hydrogens (tertiary/aromatic N) is 1. The van der Waals surface area contributed by atoms with Crippen molar-refractivity contribution in [3.05, 3.63) is 0 Å². The standard InChI is InChI=1S/C6H11NOS2/c1-10(8)5-3-2-4-7-6-9/h2-5H2,1H3/i4+2. The van der Waals surface area contributed by atoms with E-state index in [0.29, 0.717) is 0 Å². The van der Waals surface area contributed by atoms with Gasteiger partial charge in [-0.3, -0.25) is 4.21 Å². The van der Waals surface area contributed by atoms with E-state index in [1.165, 1.54) is 0 Å². The van der Waals surface area contributed by atoms with Crippen molar-refractivity contribution in [2.75, 3.05) is 18.6 Å². The van der Waals surface area contributed by atoms with Crippen LogP contribution in [0.2, 0.25) is 0 Å². The maximum absolute atomic E-state index is 10.5. The molecule has 1 unspecified atom stereocenters. The molecule has 2 nitrogen and oxygen atoms in total. The average molecular weight is 179 g/mol. The Bertz CT molecular complexity index is 148. The maximum Gasteiger partial charge on any atom is 0.0584 e. The number of hydrogen-bond donors (Lipinski definition) is 0. The first-order valence-corrected chi connectivity index (χ1v) is 5.24. The van der Waals surface area contributed by atoms with Crippen molar-refractivity contribution >= 4 is 28.2 Å². The Hall–Kier alpha value is -0.0500. The van der Waals surface area contributed by atoms with E-state index in [4.69, 9.17) is 0 Å². The molecule has 0 fully saturated rings. The quantitative estimate of drug-likeness (QED) is 0.361. The van der Waals surface area contributed by atoms with Crippen molar-refractivity contribution in [1.29, 1.82) is 0 Å². The van der Waals surface area contributed by atoms with E-state index in [1.807, 2.05) is 0 Å². The van der Waals surface area contributed by atoms with Gasteiger partial charge in [-0.15, -0.1) is 0 Å². The van der Waals surface area contributed by atoms with Gasteiger partial charge in [0.15, 0.2) is 0 Å². The van der Waals surface area contributed by atoms with Crippen LogP contribution in [0.3, 0.4) is 0 Å². The molecular formula is C6H11NOS2. The van der Waals surface area contributed by atoms with Crippen LogP contribution < -0.4 is 0 Å². The fourth-order valence-corrected chi connectivity index (χ4v) is 1.24. The first-order valence-electron chi connectivity index (χ1n) is 3.11. The van der Waals surface area contributed by atoms with E-state index in [1.54, 1.807) is 6.26 Å². The van der Waals surface area contributed by atoms with Gasteiger partial charge in [0.1, 0.15) is 0 Å². The van der Waals surface area contributed by atoms with Crippen molar-refractivity contribution < 1.29 is 4.21 Å². The number of rotatable bonds is 5. The number of aliphatic imine (C=N–C) groups is 1. The molecule has 0 radical (unpaired) electrons. The number of thiocarbonyl (C=S) groups is 1.